The maximum atomic E-state index is 12.9. The van der Waals surface area contributed by atoms with Crippen molar-refractivity contribution in [2.24, 2.45) is 5.92 Å². The third-order valence-electron chi connectivity index (χ3n) is 4.04. The fraction of sp³-hybridized carbons (Fsp3) is 0.467. The van der Waals surface area contributed by atoms with Gasteiger partial charge >= 0.3 is 0 Å². The molecule has 0 saturated carbocycles. The van der Waals surface area contributed by atoms with Crippen molar-refractivity contribution in [2.45, 2.75) is 6.42 Å². The molecule has 2 heterocycles. The number of hydrogen-bond donors (Lipinski definition) is 1. The van der Waals surface area contributed by atoms with Gasteiger partial charge in [-0.25, -0.2) is 4.39 Å². The van der Waals surface area contributed by atoms with E-state index in [0.29, 0.717) is 25.3 Å². The van der Waals surface area contributed by atoms with Crippen LogP contribution < -0.4 is 10.2 Å². The summed E-state index contributed by atoms with van der Waals surface area (Å²) in [5, 5.41) is 3.20. The Morgan fingerprint density at radius 2 is 1.86 bits per heavy atom. The molecular weight excluding hydrogens is 273 g/mol. The van der Waals surface area contributed by atoms with Crippen LogP contribution in [0.25, 0.3) is 0 Å². The minimum Gasteiger partial charge on any atom is -0.340 e. The molecule has 1 atom stereocenters. The number of amides is 2. The molecule has 3 rings (SSSR count). The van der Waals surface area contributed by atoms with Crippen molar-refractivity contribution in [1.82, 2.24) is 10.2 Å². The Bertz CT molecular complexity index is 540. The SMILES string of the molecule is O=C([C@@H]1CC(=O)N(c2ccc(F)cc2)C1)N1CCNCC1. The van der Waals surface area contributed by atoms with E-state index < -0.39 is 0 Å². The normalized spacial score (nSPS) is 22.7. The van der Waals surface area contributed by atoms with E-state index in [4.69, 9.17) is 0 Å². The third-order valence-corrected chi connectivity index (χ3v) is 4.04. The minimum absolute atomic E-state index is 0.0504. The molecule has 2 fully saturated rings. The van der Waals surface area contributed by atoms with Crippen LogP contribution in [0.5, 0.6) is 0 Å². The molecule has 6 heteroatoms. The average Bonchev–Trinajstić information content (AvgIpc) is 2.90. The number of rotatable bonds is 2. The molecule has 1 N–H and O–H groups in total. The van der Waals surface area contributed by atoms with Crippen LogP contribution >= 0.6 is 0 Å². The largest absolute Gasteiger partial charge is 0.340 e. The van der Waals surface area contributed by atoms with E-state index in [2.05, 4.69) is 5.32 Å². The summed E-state index contributed by atoms with van der Waals surface area (Å²) in [5.74, 6) is -0.649. The van der Waals surface area contributed by atoms with Crippen molar-refractivity contribution >= 4 is 17.5 Å². The Balaban J connectivity index is 1.69. The van der Waals surface area contributed by atoms with Gasteiger partial charge in [-0.1, -0.05) is 0 Å². The van der Waals surface area contributed by atoms with Crippen molar-refractivity contribution in [3.05, 3.63) is 30.1 Å². The topological polar surface area (TPSA) is 52.7 Å². The molecule has 5 nitrogen and oxygen atoms in total. The Kier molecular flexibility index (Phi) is 3.88. The van der Waals surface area contributed by atoms with E-state index in [-0.39, 0.29) is 30.0 Å². The Hall–Kier alpha value is -1.95. The predicted octanol–water partition coefficient (Wildman–Crippen LogP) is 0.610. The predicted molar refractivity (Wildman–Crippen MR) is 76.3 cm³/mol. The summed E-state index contributed by atoms with van der Waals surface area (Å²) in [4.78, 5) is 27.9. The smallest absolute Gasteiger partial charge is 0.228 e. The second-order valence-corrected chi connectivity index (χ2v) is 5.46. The van der Waals surface area contributed by atoms with Crippen LogP contribution in [-0.4, -0.2) is 49.4 Å². The highest BCUT2D eigenvalue weighted by molar-refractivity contribution is 6.00. The summed E-state index contributed by atoms with van der Waals surface area (Å²) in [5.41, 5.74) is 0.650. The highest BCUT2D eigenvalue weighted by Crippen LogP contribution is 2.26. The lowest BCUT2D eigenvalue weighted by Crippen LogP contribution is -2.48. The van der Waals surface area contributed by atoms with Crippen LogP contribution in [0.2, 0.25) is 0 Å². The van der Waals surface area contributed by atoms with Gasteiger partial charge < -0.3 is 15.1 Å². The molecule has 0 radical (unpaired) electrons. The molecule has 0 spiro atoms. The lowest BCUT2D eigenvalue weighted by atomic mass is 10.1. The average molecular weight is 291 g/mol. The number of hydrogen-bond acceptors (Lipinski definition) is 3. The molecule has 2 amide bonds. The zero-order valence-electron chi connectivity index (χ0n) is 11.7. The maximum absolute atomic E-state index is 12.9. The van der Waals surface area contributed by atoms with Crippen LogP contribution in [0.3, 0.4) is 0 Å². The van der Waals surface area contributed by atoms with E-state index in [0.717, 1.165) is 13.1 Å². The van der Waals surface area contributed by atoms with Crippen molar-refractivity contribution in [2.75, 3.05) is 37.6 Å². The minimum atomic E-state index is -0.334. The number of anilines is 1. The lowest BCUT2D eigenvalue weighted by molar-refractivity contribution is -0.136. The van der Waals surface area contributed by atoms with E-state index in [1.54, 1.807) is 17.0 Å². The van der Waals surface area contributed by atoms with Gasteiger partial charge in [0.25, 0.3) is 0 Å². The molecule has 2 aliphatic rings. The Labute approximate surface area is 122 Å². The van der Waals surface area contributed by atoms with Crippen LogP contribution in [0, 0.1) is 11.7 Å². The van der Waals surface area contributed by atoms with Gasteiger partial charge in [0.05, 0.1) is 5.92 Å². The summed E-state index contributed by atoms with van der Waals surface area (Å²) < 4.78 is 12.9. The monoisotopic (exact) mass is 291 g/mol. The highest BCUT2D eigenvalue weighted by atomic mass is 19.1. The van der Waals surface area contributed by atoms with Gasteiger partial charge in [-0.3, -0.25) is 9.59 Å². The fourth-order valence-electron chi connectivity index (χ4n) is 2.89. The molecule has 1 aromatic rings. The summed E-state index contributed by atoms with van der Waals surface area (Å²) in [6.07, 6.45) is 0.236. The van der Waals surface area contributed by atoms with E-state index >= 15 is 0 Å². The van der Waals surface area contributed by atoms with Crippen molar-refractivity contribution < 1.29 is 14.0 Å². The Morgan fingerprint density at radius 1 is 1.19 bits per heavy atom. The zero-order chi connectivity index (χ0) is 14.8. The van der Waals surface area contributed by atoms with Crippen molar-refractivity contribution in [3.63, 3.8) is 0 Å². The van der Waals surface area contributed by atoms with Crippen LogP contribution in [0.4, 0.5) is 10.1 Å². The Morgan fingerprint density at radius 3 is 2.52 bits per heavy atom. The molecule has 21 heavy (non-hydrogen) atoms. The first-order valence-electron chi connectivity index (χ1n) is 7.20. The van der Waals surface area contributed by atoms with Gasteiger partial charge in [-0.2, -0.15) is 0 Å². The molecule has 2 aliphatic heterocycles. The maximum Gasteiger partial charge on any atom is 0.228 e. The van der Waals surface area contributed by atoms with Gasteiger partial charge in [0, 0.05) is 44.8 Å². The standard InChI is InChI=1S/C15H18FN3O2/c16-12-1-3-13(4-2-12)19-10-11(9-14(19)20)15(21)18-7-5-17-6-8-18/h1-4,11,17H,5-10H2/t11-/m1/s1. The second-order valence-electron chi connectivity index (χ2n) is 5.46. The van der Waals surface area contributed by atoms with Gasteiger partial charge in [-0.15, -0.1) is 0 Å². The number of nitrogens with one attached hydrogen (secondary N) is 1. The van der Waals surface area contributed by atoms with Crippen LogP contribution in [-0.2, 0) is 9.59 Å². The first-order chi connectivity index (χ1) is 10.1. The van der Waals surface area contributed by atoms with E-state index in [1.165, 1.54) is 12.1 Å². The second kappa shape index (κ2) is 5.81. The van der Waals surface area contributed by atoms with Gasteiger partial charge in [0.15, 0.2) is 0 Å². The summed E-state index contributed by atoms with van der Waals surface area (Å²) in [6.45, 7) is 3.37. The quantitative estimate of drug-likeness (QED) is 0.868. The van der Waals surface area contributed by atoms with E-state index in [1.807, 2.05) is 4.90 Å². The zero-order valence-corrected chi connectivity index (χ0v) is 11.7. The molecule has 1 aromatic carbocycles. The number of carbonyl (C=O) groups excluding carboxylic acids is 2. The van der Waals surface area contributed by atoms with Gasteiger partial charge in [-0.05, 0) is 24.3 Å². The van der Waals surface area contributed by atoms with Crippen LogP contribution in [0.1, 0.15) is 6.42 Å². The summed E-state index contributed by atoms with van der Waals surface area (Å²) in [7, 11) is 0. The number of nitrogens with zero attached hydrogens (tertiary/aromatic N) is 2. The lowest BCUT2D eigenvalue weighted by Gasteiger charge is -2.29. The van der Waals surface area contributed by atoms with Gasteiger partial charge in [0.2, 0.25) is 11.8 Å². The first-order valence-corrected chi connectivity index (χ1v) is 7.20. The molecule has 0 unspecified atom stereocenters. The van der Waals surface area contributed by atoms with Crippen LogP contribution in [0.15, 0.2) is 24.3 Å². The third kappa shape index (κ3) is 2.90. The number of piperazine rings is 1. The molecule has 112 valence electrons. The van der Waals surface area contributed by atoms with Crippen molar-refractivity contribution in [1.29, 1.82) is 0 Å². The number of benzene rings is 1. The molecule has 0 aliphatic carbocycles. The molecule has 0 aromatic heterocycles. The molecule has 2 saturated heterocycles. The fourth-order valence-corrected chi connectivity index (χ4v) is 2.89. The summed E-state index contributed by atoms with van der Waals surface area (Å²) >= 11 is 0. The molecule has 0 bridgehead atoms. The summed E-state index contributed by atoms with van der Waals surface area (Å²) in [6, 6.07) is 5.80. The first kappa shape index (κ1) is 14.0. The molecular formula is C15H18FN3O2. The van der Waals surface area contributed by atoms with Gasteiger partial charge in [0.1, 0.15) is 5.82 Å². The van der Waals surface area contributed by atoms with Crippen molar-refractivity contribution in [3.8, 4) is 0 Å². The van der Waals surface area contributed by atoms with E-state index in [9.17, 15) is 14.0 Å². The number of halogens is 1. The number of carbonyl (C=O) groups is 2. The highest BCUT2D eigenvalue weighted by Gasteiger charge is 2.37.